The third kappa shape index (κ3) is 3.22. The van der Waals surface area contributed by atoms with Crippen LogP contribution in [0.2, 0.25) is 0 Å². The Kier molecular flexibility index (Phi) is 3.66. The smallest absolute Gasteiger partial charge is 0.295 e. The molecule has 2 rings (SSSR count). The third-order valence-electron chi connectivity index (χ3n) is 2.47. The van der Waals surface area contributed by atoms with Crippen LogP contribution in [-0.4, -0.2) is 21.8 Å². The average molecular weight is 254 g/mol. The monoisotopic (exact) mass is 254 g/mol. The van der Waals surface area contributed by atoms with E-state index >= 15 is 0 Å². The topological polar surface area (TPSA) is 78.3 Å². The number of hydrogen-bond acceptors (Lipinski definition) is 4. The zero-order valence-corrected chi connectivity index (χ0v) is 10.6. The van der Waals surface area contributed by atoms with Crippen LogP contribution in [0.25, 0.3) is 0 Å². The van der Waals surface area contributed by atoms with E-state index in [2.05, 4.69) is 15.0 Å². The summed E-state index contributed by atoms with van der Waals surface area (Å²) >= 11 is 0. The van der Waals surface area contributed by atoms with Crippen molar-refractivity contribution in [1.29, 1.82) is 0 Å². The molecule has 96 valence electrons. The number of aliphatic imine (C=N–C) groups is 1. The quantitative estimate of drug-likeness (QED) is 0.592. The van der Waals surface area contributed by atoms with Crippen molar-refractivity contribution >= 4 is 11.8 Å². The Morgan fingerprint density at radius 3 is 2.16 bits per heavy atom. The van der Waals surface area contributed by atoms with Gasteiger partial charge in [0.25, 0.3) is 5.91 Å². The van der Waals surface area contributed by atoms with E-state index in [0.717, 1.165) is 11.1 Å². The number of carbonyl (C=O) groups is 1. The van der Waals surface area contributed by atoms with Crippen molar-refractivity contribution in [2.24, 2.45) is 4.99 Å². The van der Waals surface area contributed by atoms with Crippen LogP contribution in [0.4, 0.5) is 0 Å². The van der Waals surface area contributed by atoms with E-state index in [0.29, 0.717) is 0 Å². The van der Waals surface area contributed by atoms with Crippen molar-refractivity contribution in [2.45, 2.75) is 13.8 Å². The molecule has 0 aromatic carbocycles. The molecule has 2 aromatic heterocycles. The van der Waals surface area contributed by atoms with Gasteiger partial charge in [-0.25, -0.2) is 4.99 Å². The molecule has 0 aliphatic carbocycles. The van der Waals surface area contributed by atoms with Crippen molar-refractivity contribution in [3.8, 4) is 0 Å². The minimum absolute atomic E-state index is 0.154. The molecular weight excluding hydrogens is 242 g/mol. The minimum Gasteiger partial charge on any atom is -0.857 e. The molecule has 0 unspecified atom stereocenters. The summed E-state index contributed by atoms with van der Waals surface area (Å²) in [6.07, 6.45) is 3.01. The molecule has 5 heteroatoms. The van der Waals surface area contributed by atoms with Gasteiger partial charge in [0.15, 0.2) is 0 Å². The number of carbonyl (C=O) groups excluding carboxylic acids is 1. The molecular formula is C14H12N3O2-. The first-order valence-electron chi connectivity index (χ1n) is 5.72. The van der Waals surface area contributed by atoms with E-state index in [1.54, 1.807) is 24.3 Å². The molecule has 2 heterocycles. The van der Waals surface area contributed by atoms with Gasteiger partial charge >= 0.3 is 0 Å². The number of amides is 1. The lowest BCUT2D eigenvalue weighted by molar-refractivity contribution is -0.213. The van der Waals surface area contributed by atoms with E-state index in [9.17, 15) is 9.90 Å². The second-order valence-electron chi connectivity index (χ2n) is 4.16. The predicted molar refractivity (Wildman–Crippen MR) is 68.8 cm³/mol. The van der Waals surface area contributed by atoms with Crippen LogP contribution in [0.1, 0.15) is 27.3 Å². The summed E-state index contributed by atoms with van der Waals surface area (Å²) < 4.78 is 0. The second-order valence-corrected chi connectivity index (χ2v) is 4.16. The van der Waals surface area contributed by atoms with E-state index in [4.69, 9.17) is 0 Å². The summed E-state index contributed by atoms with van der Waals surface area (Å²) in [6.45, 7) is 3.67. The molecule has 0 saturated heterocycles. The maximum Gasteiger partial charge on any atom is 0.295 e. The zero-order valence-electron chi connectivity index (χ0n) is 10.6. The van der Waals surface area contributed by atoms with Gasteiger partial charge in [-0.05, 0) is 49.2 Å². The van der Waals surface area contributed by atoms with Gasteiger partial charge in [0.2, 0.25) is 0 Å². The number of aryl methyl sites for hydroxylation is 2. The molecule has 0 aliphatic rings. The van der Waals surface area contributed by atoms with E-state index in [1.165, 1.54) is 12.4 Å². The highest BCUT2D eigenvalue weighted by atomic mass is 16.3. The molecule has 2 aromatic rings. The SMILES string of the molecule is Cc1ccnc(C(=O)N=C([O-])c2cc(C)ccn2)c1. The lowest BCUT2D eigenvalue weighted by Crippen LogP contribution is -2.22. The summed E-state index contributed by atoms with van der Waals surface area (Å²) in [4.78, 5) is 23.1. The highest BCUT2D eigenvalue weighted by Crippen LogP contribution is 2.04. The van der Waals surface area contributed by atoms with Gasteiger partial charge in [0.05, 0.1) is 5.69 Å². The lowest BCUT2D eigenvalue weighted by Gasteiger charge is -2.09. The largest absolute Gasteiger partial charge is 0.857 e. The highest BCUT2D eigenvalue weighted by Gasteiger charge is 2.06. The Labute approximate surface area is 110 Å². The zero-order chi connectivity index (χ0) is 13.8. The van der Waals surface area contributed by atoms with Crippen molar-refractivity contribution in [1.82, 2.24) is 9.97 Å². The Balaban J connectivity index is 2.28. The Morgan fingerprint density at radius 1 is 1.05 bits per heavy atom. The van der Waals surface area contributed by atoms with E-state index in [1.807, 2.05) is 13.8 Å². The van der Waals surface area contributed by atoms with Gasteiger partial charge in [-0.3, -0.25) is 14.8 Å². The van der Waals surface area contributed by atoms with Crippen molar-refractivity contribution in [3.05, 3.63) is 59.2 Å². The molecule has 0 atom stereocenters. The highest BCUT2D eigenvalue weighted by molar-refractivity contribution is 6.03. The second kappa shape index (κ2) is 5.39. The molecule has 5 nitrogen and oxygen atoms in total. The number of hydrogen-bond donors (Lipinski definition) is 0. The van der Waals surface area contributed by atoms with Gasteiger partial charge in [-0.1, -0.05) is 0 Å². The van der Waals surface area contributed by atoms with Crippen LogP contribution in [0.5, 0.6) is 0 Å². The van der Waals surface area contributed by atoms with Crippen molar-refractivity contribution < 1.29 is 9.90 Å². The summed E-state index contributed by atoms with van der Waals surface area (Å²) in [5.74, 6) is -1.31. The van der Waals surface area contributed by atoms with Crippen molar-refractivity contribution in [3.63, 3.8) is 0 Å². The van der Waals surface area contributed by atoms with Crippen molar-refractivity contribution in [2.75, 3.05) is 0 Å². The minimum atomic E-state index is -0.656. The van der Waals surface area contributed by atoms with E-state index in [-0.39, 0.29) is 11.4 Å². The summed E-state index contributed by atoms with van der Waals surface area (Å²) in [5.41, 5.74) is 2.08. The molecule has 0 saturated carbocycles. The van der Waals surface area contributed by atoms with E-state index < -0.39 is 11.8 Å². The number of aromatic nitrogens is 2. The maximum atomic E-state index is 11.8. The Hall–Kier alpha value is -2.56. The summed E-state index contributed by atoms with van der Waals surface area (Å²) in [6, 6.07) is 6.70. The molecule has 0 spiro atoms. The maximum absolute atomic E-state index is 11.8. The summed E-state index contributed by atoms with van der Waals surface area (Å²) in [5, 5.41) is 11.8. The van der Waals surface area contributed by atoms with Crippen LogP contribution in [-0.2, 0) is 0 Å². The van der Waals surface area contributed by atoms with Crippen LogP contribution < -0.4 is 5.11 Å². The molecule has 0 bridgehead atoms. The Bertz CT molecular complexity index is 651. The fraction of sp³-hybridized carbons (Fsp3) is 0.143. The van der Waals surface area contributed by atoms with Gasteiger partial charge in [0, 0.05) is 18.3 Å². The standard InChI is InChI=1S/C14H13N3O2/c1-9-3-5-15-11(7-9)13(18)17-14(19)12-8-10(2)4-6-16-12/h3-8H,1-2H3,(H,17,18,19)/p-1. The molecule has 0 radical (unpaired) electrons. The average Bonchev–Trinajstić information content (AvgIpc) is 2.38. The first-order valence-corrected chi connectivity index (χ1v) is 5.72. The predicted octanol–water partition coefficient (Wildman–Crippen LogP) is 1.04. The van der Waals surface area contributed by atoms with Gasteiger partial charge in [0.1, 0.15) is 5.69 Å². The molecule has 0 N–H and O–H groups in total. The third-order valence-corrected chi connectivity index (χ3v) is 2.47. The number of nitrogens with zero attached hydrogens (tertiary/aromatic N) is 3. The first kappa shape index (κ1) is 12.9. The van der Waals surface area contributed by atoms with Crippen LogP contribution in [0, 0.1) is 13.8 Å². The molecule has 0 aliphatic heterocycles. The number of pyridine rings is 2. The summed E-state index contributed by atoms with van der Waals surface area (Å²) in [7, 11) is 0. The fourth-order valence-electron chi connectivity index (χ4n) is 1.51. The molecule has 1 amide bonds. The fourth-order valence-corrected chi connectivity index (χ4v) is 1.51. The normalized spacial score (nSPS) is 11.4. The van der Waals surface area contributed by atoms with Crippen LogP contribution >= 0.6 is 0 Å². The number of rotatable bonds is 2. The van der Waals surface area contributed by atoms with Gasteiger partial charge in [-0.2, -0.15) is 0 Å². The first-order chi connectivity index (χ1) is 9.06. The van der Waals surface area contributed by atoms with Gasteiger partial charge in [-0.15, -0.1) is 0 Å². The lowest BCUT2D eigenvalue weighted by atomic mass is 10.2. The van der Waals surface area contributed by atoms with Crippen LogP contribution in [0.15, 0.2) is 41.7 Å². The van der Waals surface area contributed by atoms with Gasteiger partial charge < -0.3 is 5.11 Å². The molecule has 19 heavy (non-hydrogen) atoms. The van der Waals surface area contributed by atoms with Crippen LogP contribution in [0.3, 0.4) is 0 Å². The molecule has 0 fully saturated rings. The Morgan fingerprint density at radius 2 is 1.58 bits per heavy atom.